The van der Waals surface area contributed by atoms with Crippen LogP contribution in [0, 0.1) is 0 Å². The van der Waals surface area contributed by atoms with E-state index < -0.39 is 0 Å². The van der Waals surface area contributed by atoms with Gasteiger partial charge >= 0.3 is 0 Å². The molecule has 0 unspecified atom stereocenters. The third-order valence-corrected chi connectivity index (χ3v) is 1.71. The average Bonchev–Trinajstić information content (AvgIpc) is 2.71. The topological polar surface area (TPSA) is 74.5 Å². The number of nitrogen functional groups attached to an aromatic ring is 1. The summed E-state index contributed by atoms with van der Waals surface area (Å²) in [5.74, 6) is 0. The first-order valence-corrected chi connectivity index (χ1v) is 3.95. The largest absolute Gasteiger partial charge is 0.396 e. The molecule has 0 aromatic carbocycles. The molecule has 0 saturated heterocycles. The SMILES string of the molecule is Nc1cnn(CCn2cnnc2)c1. The second-order valence-corrected chi connectivity index (χ2v) is 2.74. The highest BCUT2D eigenvalue weighted by atomic mass is 15.3. The van der Waals surface area contributed by atoms with E-state index in [4.69, 9.17) is 5.73 Å². The molecular formula is C7H10N6. The summed E-state index contributed by atoms with van der Waals surface area (Å²) in [4.78, 5) is 0. The summed E-state index contributed by atoms with van der Waals surface area (Å²) in [5.41, 5.74) is 6.20. The van der Waals surface area contributed by atoms with Gasteiger partial charge in [-0.05, 0) is 0 Å². The van der Waals surface area contributed by atoms with Gasteiger partial charge in [0.25, 0.3) is 0 Å². The molecule has 13 heavy (non-hydrogen) atoms. The zero-order chi connectivity index (χ0) is 9.10. The van der Waals surface area contributed by atoms with Gasteiger partial charge in [0.05, 0.1) is 18.4 Å². The molecule has 0 atom stereocenters. The highest BCUT2D eigenvalue weighted by Crippen LogP contribution is 1.97. The zero-order valence-electron chi connectivity index (χ0n) is 7.04. The smallest absolute Gasteiger partial charge is 0.119 e. The van der Waals surface area contributed by atoms with Gasteiger partial charge in [-0.1, -0.05) is 0 Å². The summed E-state index contributed by atoms with van der Waals surface area (Å²) in [6.45, 7) is 1.57. The maximum atomic E-state index is 5.51. The number of aryl methyl sites for hydroxylation is 2. The van der Waals surface area contributed by atoms with E-state index in [9.17, 15) is 0 Å². The van der Waals surface area contributed by atoms with Crippen LogP contribution in [0.4, 0.5) is 5.69 Å². The third kappa shape index (κ3) is 1.84. The molecule has 2 aromatic heterocycles. The molecule has 2 heterocycles. The molecule has 0 fully saturated rings. The first-order chi connectivity index (χ1) is 6.34. The molecule has 2 rings (SSSR count). The van der Waals surface area contributed by atoms with Crippen LogP contribution in [0.15, 0.2) is 25.0 Å². The fourth-order valence-electron chi connectivity index (χ4n) is 1.06. The van der Waals surface area contributed by atoms with Crippen LogP contribution in [0.2, 0.25) is 0 Å². The van der Waals surface area contributed by atoms with Crippen LogP contribution in [0.5, 0.6) is 0 Å². The van der Waals surface area contributed by atoms with Gasteiger partial charge in [0.1, 0.15) is 12.7 Å². The molecule has 0 bridgehead atoms. The Balaban J connectivity index is 1.93. The molecule has 0 amide bonds. The molecule has 6 heteroatoms. The van der Waals surface area contributed by atoms with Gasteiger partial charge in [0.2, 0.25) is 0 Å². The van der Waals surface area contributed by atoms with E-state index in [2.05, 4.69) is 15.3 Å². The summed E-state index contributed by atoms with van der Waals surface area (Å²) in [7, 11) is 0. The zero-order valence-corrected chi connectivity index (χ0v) is 7.04. The minimum atomic E-state index is 0.684. The van der Waals surface area contributed by atoms with E-state index in [1.54, 1.807) is 29.7 Å². The van der Waals surface area contributed by atoms with Crippen LogP contribution in [-0.4, -0.2) is 24.5 Å². The Morgan fingerprint density at radius 2 is 2.00 bits per heavy atom. The van der Waals surface area contributed by atoms with Gasteiger partial charge in [0, 0.05) is 12.7 Å². The number of rotatable bonds is 3. The van der Waals surface area contributed by atoms with E-state index >= 15 is 0 Å². The summed E-state index contributed by atoms with van der Waals surface area (Å²) in [6.07, 6.45) is 6.77. The molecule has 2 aromatic rings. The Morgan fingerprint density at radius 1 is 1.23 bits per heavy atom. The number of nitrogens with two attached hydrogens (primary N) is 1. The van der Waals surface area contributed by atoms with Crippen LogP contribution in [0.1, 0.15) is 0 Å². The van der Waals surface area contributed by atoms with E-state index in [1.807, 2.05) is 4.57 Å². The van der Waals surface area contributed by atoms with E-state index in [0.717, 1.165) is 13.1 Å². The van der Waals surface area contributed by atoms with Gasteiger partial charge in [0.15, 0.2) is 0 Å². The monoisotopic (exact) mass is 178 g/mol. The molecule has 2 N–H and O–H groups in total. The second kappa shape index (κ2) is 3.26. The number of nitrogens with zero attached hydrogens (tertiary/aromatic N) is 5. The Kier molecular flexibility index (Phi) is 1.95. The predicted molar refractivity (Wildman–Crippen MR) is 46.7 cm³/mol. The Bertz CT molecular complexity index is 362. The minimum absolute atomic E-state index is 0.684. The van der Waals surface area contributed by atoms with E-state index in [-0.39, 0.29) is 0 Å². The Labute approximate surface area is 75.0 Å². The van der Waals surface area contributed by atoms with Crippen molar-refractivity contribution in [1.82, 2.24) is 24.5 Å². The van der Waals surface area contributed by atoms with Gasteiger partial charge in [-0.3, -0.25) is 4.68 Å². The van der Waals surface area contributed by atoms with Crippen molar-refractivity contribution in [2.75, 3.05) is 5.73 Å². The lowest BCUT2D eigenvalue weighted by atomic mass is 10.6. The van der Waals surface area contributed by atoms with Crippen molar-refractivity contribution in [3.63, 3.8) is 0 Å². The summed E-state index contributed by atoms with van der Waals surface area (Å²) in [5, 5.41) is 11.4. The van der Waals surface area contributed by atoms with Crippen LogP contribution >= 0.6 is 0 Å². The van der Waals surface area contributed by atoms with E-state index in [0.29, 0.717) is 5.69 Å². The van der Waals surface area contributed by atoms with Gasteiger partial charge in [-0.25, -0.2) is 0 Å². The molecule has 0 spiro atoms. The van der Waals surface area contributed by atoms with Gasteiger partial charge in [-0.2, -0.15) is 5.10 Å². The first-order valence-electron chi connectivity index (χ1n) is 3.95. The summed E-state index contributed by atoms with van der Waals surface area (Å²) < 4.78 is 3.67. The lowest BCUT2D eigenvalue weighted by Crippen LogP contribution is -2.06. The van der Waals surface area contributed by atoms with Crippen molar-refractivity contribution in [3.05, 3.63) is 25.0 Å². The van der Waals surface area contributed by atoms with Crippen LogP contribution in [-0.2, 0) is 13.1 Å². The molecule has 0 radical (unpaired) electrons. The highest BCUT2D eigenvalue weighted by molar-refractivity contribution is 5.30. The fourth-order valence-corrected chi connectivity index (χ4v) is 1.06. The van der Waals surface area contributed by atoms with Crippen LogP contribution < -0.4 is 5.73 Å². The van der Waals surface area contributed by atoms with Crippen molar-refractivity contribution in [1.29, 1.82) is 0 Å². The fraction of sp³-hybridized carbons (Fsp3) is 0.286. The Morgan fingerprint density at radius 3 is 2.62 bits per heavy atom. The second-order valence-electron chi connectivity index (χ2n) is 2.74. The van der Waals surface area contributed by atoms with Gasteiger partial charge in [-0.15, -0.1) is 10.2 Å². The molecule has 68 valence electrons. The predicted octanol–water partition coefficient (Wildman–Crippen LogP) is -0.243. The van der Waals surface area contributed by atoms with Gasteiger partial charge < -0.3 is 10.3 Å². The molecule has 0 aliphatic heterocycles. The molecule has 0 saturated carbocycles. The number of hydrogen-bond donors (Lipinski definition) is 1. The Hall–Kier alpha value is -1.85. The number of hydrogen-bond acceptors (Lipinski definition) is 4. The van der Waals surface area contributed by atoms with Crippen molar-refractivity contribution < 1.29 is 0 Å². The van der Waals surface area contributed by atoms with Crippen LogP contribution in [0.25, 0.3) is 0 Å². The lowest BCUT2D eigenvalue weighted by molar-refractivity contribution is 0.532. The number of anilines is 1. The quantitative estimate of drug-likeness (QED) is 0.703. The number of aromatic nitrogens is 5. The van der Waals surface area contributed by atoms with Crippen molar-refractivity contribution in [2.45, 2.75) is 13.1 Å². The third-order valence-electron chi connectivity index (χ3n) is 1.71. The van der Waals surface area contributed by atoms with Crippen molar-refractivity contribution in [2.24, 2.45) is 0 Å². The first kappa shape index (κ1) is 7.78. The average molecular weight is 178 g/mol. The lowest BCUT2D eigenvalue weighted by Gasteiger charge is -2.00. The van der Waals surface area contributed by atoms with Crippen molar-refractivity contribution in [3.8, 4) is 0 Å². The summed E-state index contributed by atoms with van der Waals surface area (Å²) >= 11 is 0. The molecular weight excluding hydrogens is 168 g/mol. The van der Waals surface area contributed by atoms with Crippen LogP contribution in [0.3, 0.4) is 0 Å². The molecule has 0 aliphatic carbocycles. The maximum Gasteiger partial charge on any atom is 0.119 e. The standard InChI is InChI=1S/C7H10N6/c8-7-3-11-13(4-7)2-1-12-5-9-10-6-12/h3-6H,1-2,8H2. The minimum Gasteiger partial charge on any atom is -0.396 e. The highest BCUT2D eigenvalue weighted by Gasteiger charge is 1.94. The molecule has 6 nitrogen and oxygen atoms in total. The maximum absolute atomic E-state index is 5.51. The normalized spacial score (nSPS) is 10.5. The summed E-state index contributed by atoms with van der Waals surface area (Å²) in [6, 6.07) is 0. The van der Waals surface area contributed by atoms with Crippen molar-refractivity contribution >= 4 is 5.69 Å². The molecule has 0 aliphatic rings. The van der Waals surface area contributed by atoms with E-state index in [1.165, 1.54) is 0 Å².